The second kappa shape index (κ2) is 7.61. The highest BCUT2D eigenvalue weighted by atomic mass is 35.5. The normalized spacial score (nSPS) is 16.2. The maximum Gasteiger partial charge on any atom is 0.251 e. The number of carbonyl (C=O) groups excluding carboxylic acids is 1. The molecule has 120 valence electrons. The summed E-state index contributed by atoms with van der Waals surface area (Å²) >= 11 is 5.65. The van der Waals surface area contributed by atoms with Crippen molar-refractivity contribution in [2.75, 3.05) is 13.2 Å². The Morgan fingerprint density at radius 3 is 2.95 bits per heavy atom. The van der Waals surface area contributed by atoms with E-state index in [1.54, 1.807) is 6.07 Å². The smallest absolute Gasteiger partial charge is 0.251 e. The number of nitrogens with one attached hydrogen (secondary N) is 1. The van der Waals surface area contributed by atoms with E-state index < -0.39 is 11.9 Å². The van der Waals surface area contributed by atoms with Gasteiger partial charge >= 0.3 is 0 Å². The van der Waals surface area contributed by atoms with Crippen molar-refractivity contribution in [3.63, 3.8) is 0 Å². The first-order valence-electron chi connectivity index (χ1n) is 7.28. The van der Waals surface area contributed by atoms with Crippen molar-refractivity contribution in [2.24, 2.45) is 0 Å². The predicted molar refractivity (Wildman–Crippen MR) is 81.9 cm³/mol. The van der Waals surface area contributed by atoms with E-state index in [-0.39, 0.29) is 17.5 Å². The van der Waals surface area contributed by atoms with Crippen LogP contribution in [0.1, 0.15) is 37.8 Å². The second-order valence-corrected chi connectivity index (χ2v) is 5.50. The second-order valence-electron chi connectivity index (χ2n) is 5.09. The zero-order valence-corrected chi connectivity index (χ0v) is 13.1. The lowest BCUT2D eigenvalue weighted by atomic mass is 10.0. The summed E-state index contributed by atoms with van der Waals surface area (Å²) in [5.41, 5.74) is 1.06. The van der Waals surface area contributed by atoms with E-state index in [9.17, 15) is 14.3 Å². The lowest BCUT2D eigenvalue weighted by molar-refractivity contribution is -0.119. The average molecular weight is 328 g/mol. The first-order chi connectivity index (χ1) is 10.6. The Morgan fingerprint density at radius 2 is 2.32 bits per heavy atom. The molecule has 1 aliphatic rings. The Morgan fingerprint density at radius 1 is 1.55 bits per heavy atom. The molecule has 1 unspecified atom stereocenters. The largest absolute Gasteiger partial charge is 0.497 e. The van der Waals surface area contributed by atoms with Gasteiger partial charge in [-0.2, -0.15) is 0 Å². The Labute approximate surface area is 133 Å². The predicted octanol–water partition coefficient (Wildman–Crippen LogP) is 3.10. The van der Waals surface area contributed by atoms with E-state index in [0.29, 0.717) is 36.3 Å². The number of hydrogen-bond donors (Lipinski definition) is 2. The SMILES string of the molecule is CCC1=C(C(=O)NC(CO)c2ccc(Cl)c(F)c2)CCCO1. The molecule has 0 fully saturated rings. The molecule has 22 heavy (non-hydrogen) atoms. The molecule has 0 radical (unpaired) electrons. The number of benzene rings is 1. The molecule has 0 bridgehead atoms. The maximum absolute atomic E-state index is 13.5. The molecule has 4 nitrogen and oxygen atoms in total. The van der Waals surface area contributed by atoms with Gasteiger partial charge < -0.3 is 15.2 Å². The Bertz CT molecular complexity index is 589. The van der Waals surface area contributed by atoms with Gasteiger partial charge in [-0.15, -0.1) is 0 Å². The molecule has 1 heterocycles. The van der Waals surface area contributed by atoms with Gasteiger partial charge in [-0.05, 0) is 30.5 Å². The number of allylic oxidation sites excluding steroid dienone is 1. The molecule has 1 aromatic carbocycles. The average Bonchev–Trinajstić information content (AvgIpc) is 2.55. The highest BCUT2D eigenvalue weighted by Crippen LogP contribution is 2.24. The molecule has 2 N–H and O–H groups in total. The number of halogens is 2. The third-order valence-electron chi connectivity index (χ3n) is 3.61. The van der Waals surface area contributed by atoms with Crippen molar-refractivity contribution >= 4 is 17.5 Å². The van der Waals surface area contributed by atoms with Gasteiger partial charge in [0.1, 0.15) is 11.6 Å². The molecule has 0 saturated carbocycles. The molecule has 0 spiro atoms. The van der Waals surface area contributed by atoms with E-state index in [0.717, 1.165) is 6.42 Å². The molecule has 0 saturated heterocycles. The van der Waals surface area contributed by atoms with Gasteiger partial charge in [-0.25, -0.2) is 4.39 Å². The number of amides is 1. The minimum absolute atomic E-state index is 0.00317. The molecule has 0 aliphatic carbocycles. The van der Waals surface area contributed by atoms with Crippen LogP contribution < -0.4 is 5.32 Å². The Balaban J connectivity index is 2.17. The van der Waals surface area contributed by atoms with Crippen molar-refractivity contribution in [2.45, 2.75) is 32.2 Å². The topological polar surface area (TPSA) is 58.6 Å². The number of rotatable bonds is 5. The standard InChI is InChI=1S/C16H19ClFNO3/c1-2-15-11(4-3-7-22-15)16(21)19-14(9-20)10-5-6-12(17)13(18)8-10/h5-6,8,14,20H,2-4,7,9H2,1H3,(H,19,21). The summed E-state index contributed by atoms with van der Waals surface area (Å²) in [4.78, 5) is 12.4. The number of carbonyl (C=O) groups is 1. The van der Waals surface area contributed by atoms with Crippen LogP contribution in [0.3, 0.4) is 0 Å². The third-order valence-corrected chi connectivity index (χ3v) is 3.92. The minimum atomic E-state index is -0.688. The summed E-state index contributed by atoms with van der Waals surface area (Å²) in [5, 5.41) is 12.2. The summed E-state index contributed by atoms with van der Waals surface area (Å²) in [6.07, 6.45) is 2.07. The van der Waals surface area contributed by atoms with Gasteiger partial charge in [-0.3, -0.25) is 4.79 Å². The van der Waals surface area contributed by atoms with Crippen molar-refractivity contribution in [3.8, 4) is 0 Å². The van der Waals surface area contributed by atoms with Crippen molar-refractivity contribution in [1.82, 2.24) is 5.32 Å². The molecule has 0 aromatic heterocycles. The van der Waals surface area contributed by atoms with Crippen molar-refractivity contribution < 1.29 is 19.0 Å². The van der Waals surface area contributed by atoms with Gasteiger partial charge in [-0.1, -0.05) is 24.6 Å². The molecular formula is C16H19ClFNO3. The Hall–Kier alpha value is -1.59. The van der Waals surface area contributed by atoms with E-state index in [2.05, 4.69) is 5.32 Å². The van der Waals surface area contributed by atoms with E-state index in [4.69, 9.17) is 16.3 Å². The van der Waals surface area contributed by atoms with Crippen molar-refractivity contribution in [1.29, 1.82) is 0 Å². The number of hydrogen-bond acceptors (Lipinski definition) is 3. The Kier molecular flexibility index (Phi) is 5.80. The minimum Gasteiger partial charge on any atom is -0.497 e. The molecule has 1 aliphatic heterocycles. The fraction of sp³-hybridized carbons (Fsp3) is 0.438. The first-order valence-corrected chi connectivity index (χ1v) is 7.66. The summed E-state index contributed by atoms with van der Waals surface area (Å²) in [6.45, 7) is 2.21. The van der Waals surface area contributed by atoms with E-state index >= 15 is 0 Å². The van der Waals surface area contributed by atoms with Crippen LogP contribution in [-0.4, -0.2) is 24.2 Å². The fourth-order valence-corrected chi connectivity index (χ4v) is 2.55. The molecule has 6 heteroatoms. The fourth-order valence-electron chi connectivity index (χ4n) is 2.44. The van der Waals surface area contributed by atoms with Gasteiger partial charge in [0.2, 0.25) is 0 Å². The van der Waals surface area contributed by atoms with E-state index in [1.807, 2.05) is 6.92 Å². The molecule has 2 rings (SSSR count). The molecule has 1 aromatic rings. The lowest BCUT2D eigenvalue weighted by Crippen LogP contribution is -2.33. The summed E-state index contributed by atoms with van der Waals surface area (Å²) < 4.78 is 19.0. The summed E-state index contributed by atoms with van der Waals surface area (Å²) in [5.74, 6) is -0.185. The zero-order chi connectivity index (χ0) is 16.1. The maximum atomic E-state index is 13.5. The van der Waals surface area contributed by atoms with Crippen LogP contribution in [0.15, 0.2) is 29.5 Å². The van der Waals surface area contributed by atoms with Crippen LogP contribution in [-0.2, 0) is 9.53 Å². The highest BCUT2D eigenvalue weighted by Gasteiger charge is 2.22. The number of ether oxygens (including phenoxy) is 1. The highest BCUT2D eigenvalue weighted by molar-refractivity contribution is 6.30. The summed E-state index contributed by atoms with van der Waals surface area (Å²) in [6, 6.07) is 3.52. The number of aliphatic hydroxyl groups is 1. The van der Waals surface area contributed by atoms with Crippen LogP contribution in [0.25, 0.3) is 0 Å². The third kappa shape index (κ3) is 3.78. The molecular weight excluding hydrogens is 309 g/mol. The summed E-state index contributed by atoms with van der Waals surface area (Å²) in [7, 11) is 0. The molecule has 1 atom stereocenters. The van der Waals surface area contributed by atoms with E-state index in [1.165, 1.54) is 12.1 Å². The van der Waals surface area contributed by atoms with Gasteiger partial charge in [0.05, 0.1) is 29.9 Å². The monoisotopic (exact) mass is 327 g/mol. The van der Waals surface area contributed by atoms with Crippen LogP contribution >= 0.6 is 11.6 Å². The van der Waals surface area contributed by atoms with Crippen LogP contribution in [0.5, 0.6) is 0 Å². The lowest BCUT2D eigenvalue weighted by Gasteiger charge is -2.23. The quantitative estimate of drug-likeness (QED) is 0.873. The van der Waals surface area contributed by atoms with Crippen LogP contribution in [0.2, 0.25) is 5.02 Å². The van der Waals surface area contributed by atoms with Crippen molar-refractivity contribution in [3.05, 3.63) is 45.9 Å². The first kappa shape index (κ1) is 16.8. The van der Waals surface area contributed by atoms with Gasteiger partial charge in [0.15, 0.2) is 0 Å². The van der Waals surface area contributed by atoms with Gasteiger partial charge in [0.25, 0.3) is 5.91 Å². The van der Waals surface area contributed by atoms with Crippen LogP contribution in [0, 0.1) is 5.82 Å². The van der Waals surface area contributed by atoms with Gasteiger partial charge in [0, 0.05) is 6.42 Å². The number of aliphatic hydroxyl groups excluding tert-OH is 1. The van der Waals surface area contributed by atoms with Crippen LogP contribution in [0.4, 0.5) is 4.39 Å². The zero-order valence-electron chi connectivity index (χ0n) is 12.4. The molecule has 1 amide bonds.